The van der Waals surface area contributed by atoms with Crippen LogP contribution in [0.1, 0.15) is 11.1 Å². The van der Waals surface area contributed by atoms with Gasteiger partial charge in [-0.15, -0.1) is 0 Å². The highest BCUT2D eigenvalue weighted by Crippen LogP contribution is 2.42. The molecule has 1 heterocycles. The number of nitrogens with one attached hydrogen (secondary N) is 1. The Balaban J connectivity index is 1.73. The number of amides is 2. The number of nitrogens with zero attached hydrogens (tertiary/aromatic N) is 2. The molecule has 0 aromatic heterocycles. The van der Waals surface area contributed by atoms with Crippen LogP contribution in [-0.2, 0) is 16.0 Å². The molecule has 1 atom stereocenters. The van der Waals surface area contributed by atoms with E-state index in [1.807, 2.05) is 43.3 Å². The first-order valence-electron chi connectivity index (χ1n) is 10.4. The molecule has 0 saturated carbocycles. The van der Waals surface area contributed by atoms with Crippen molar-refractivity contribution < 1.29 is 9.59 Å². The Morgan fingerprint density at radius 2 is 1.74 bits per heavy atom. The Labute approximate surface area is 212 Å². The first kappa shape index (κ1) is 23.9. The normalized spacial score (nSPS) is 16.8. The molecule has 5 nitrogen and oxygen atoms in total. The number of aryl methyl sites for hydroxylation is 1. The van der Waals surface area contributed by atoms with Crippen molar-refractivity contribution >= 4 is 58.2 Å². The molecule has 170 valence electrons. The molecule has 1 aliphatic rings. The number of thioether (sulfide) groups is 1. The predicted octanol–water partition coefficient (Wildman–Crippen LogP) is 6.37. The van der Waals surface area contributed by atoms with Crippen LogP contribution in [0.5, 0.6) is 0 Å². The van der Waals surface area contributed by atoms with Gasteiger partial charge in [0.2, 0.25) is 5.91 Å². The molecule has 4 rings (SSSR count). The minimum absolute atomic E-state index is 0.143. The Bertz CT molecular complexity index is 1320. The van der Waals surface area contributed by atoms with E-state index < -0.39 is 11.2 Å². The molecule has 34 heavy (non-hydrogen) atoms. The van der Waals surface area contributed by atoms with Crippen molar-refractivity contribution in [3.8, 4) is 6.07 Å². The van der Waals surface area contributed by atoms with Crippen molar-refractivity contribution in [1.29, 1.82) is 5.26 Å². The lowest BCUT2D eigenvalue weighted by Gasteiger charge is -2.19. The van der Waals surface area contributed by atoms with E-state index >= 15 is 0 Å². The van der Waals surface area contributed by atoms with Gasteiger partial charge in [-0.1, -0.05) is 70.9 Å². The molecular weight excluding hydrogens is 489 g/mol. The lowest BCUT2D eigenvalue weighted by Crippen LogP contribution is -2.31. The fourth-order valence-corrected chi connectivity index (χ4v) is 5.14. The summed E-state index contributed by atoms with van der Waals surface area (Å²) in [6.07, 6.45) is 0.368. The third-order valence-electron chi connectivity index (χ3n) is 5.26. The molecule has 1 unspecified atom stereocenters. The summed E-state index contributed by atoms with van der Waals surface area (Å²) in [6.45, 7) is 1.95. The number of nitriles is 1. The lowest BCUT2D eigenvalue weighted by atomic mass is 10.1. The fraction of sp³-hybridized carbons (Fsp3) is 0.115. The van der Waals surface area contributed by atoms with Crippen molar-refractivity contribution in [3.63, 3.8) is 0 Å². The first-order valence-corrected chi connectivity index (χ1v) is 12.0. The molecule has 3 aromatic rings. The minimum atomic E-state index is -0.601. The standard InChI is InChI=1S/C26H19Cl2N3O2S/c1-16-6-12-20(13-7-16)31-25(33)23(14-17-4-2-3-5-22(17)28)34-26(31)21(15-29)24(32)30-19-10-8-18(27)9-11-19/h2-13,23H,14H2,1H3,(H,30,32)/b26-21-. The van der Waals surface area contributed by atoms with Crippen LogP contribution >= 0.6 is 35.0 Å². The van der Waals surface area contributed by atoms with Gasteiger partial charge in [0, 0.05) is 21.4 Å². The zero-order valence-electron chi connectivity index (χ0n) is 18.1. The minimum Gasteiger partial charge on any atom is -0.321 e. The SMILES string of the molecule is Cc1ccc(N2C(=O)C(Cc3ccccc3Cl)S/C2=C(/C#N)C(=O)Nc2ccc(Cl)cc2)cc1. The molecule has 0 radical (unpaired) electrons. The topological polar surface area (TPSA) is 73.2 Å². The molecule has 8 heteroatoms. The van der Waals surface area contributed by atoms with Crippen LogP contribution < -0.4 is 10.2 Å². The van der Waals surface area contributed by atoms with Crippen LogP contribution in [-0.4, -0.2) is 17.1 Å². The van der Waals surface area contributed by atoms with Gasteiger partial charge in [-0.2, -0.15) is 5.26 Å². The largest absolute Gasteiger partial charge is 0.321 e. The highest BCUT2D eigenvalue weighted by atomic mass is 35.5. The molecule has 0 aliphatic carbocycles. The predicted molar refractivity (Wildman–Crippen MR) is 138 cm³/mol. The molecular formula is C26H19Cl2N3O2S. The quantitative estimate of drug-likeness (QED) is 0.321. The van der Waals surface area contributed by atoms with Crippen molar-refractivity contribution in [2.24, 2.45) is 0 Å². The number of hydrogen-bond donors (Lipinski definition) is 1. The number of anilines is 2. The van der Waals surface area contributed by atoms with E-state index in [-0.39, 0.29) is 11.5 Å². The average Bonchev–Trinajstić information content (AvgIpc) is 3.13. The van der Waals surface area contributed by atoms with Gasteiger partial charge in [-0.05, 0) is 61.4 Å². The summed E-state index contributed by atoms with van der Waals surface area (Å²) >= 11 is 13.4. The molecule has 2 amide bonds. The monoisotopic (exact) mass is 507 g/mol. The van der Waals surface area contributed by atoms with E-state index in [9.17, 15) is 14.9 Å². The third-order valence-corrected chi connectivity index (χ3v) is 7.15. The summed E-state index contributed by atoms with van der Waals surface area (Å²) in [5.74, 6) is -0.813. The lowest BCUT2D eigenvalue weighted by molar-refractivity contribution is -0.117. The maximum absolute atomic E-state index is 13.5. The van der Waals surface area contributed by atoms with Gasteiger partial charge in [0.1, 0.15) is 16.7 Å². The van der Waals surface area contributed by atoms with Gasteiger partial charge in [-0.25, -0.2) is 0 Å². The second-order valence-corrected chi connectivity index (χ2v) is 9.70. The van der Waals surface area contributed by atoms with E-state index in [0.717, 1.165) is 11.1 Å². The van der Waals surface area contributed by atoms with Crippen molar-refractivity contribution in [2.75, 3.05) is 10.2 Å². The fourth-order valence-electron chi connectivity index (χ4n) is 3.51. The van der Waals surface area contributed by atoms with Crippen LogP contribution in [0, 0.1) is 18.3 Å². The first-order chi connectivity index (χ1) is 16.4. The maximum Gasteiger partial charge on any atom is 0.269 e. The molecule has 3 aromatic carbocycles. The molecule has 1 N–H and O–H groups in total. The van der Waals surface area contributed by atoms with Crippen molar-refractivity contribution in [3.05, 3.63) is 105 Å². The van der Waals surface area contributed by atoms with Crippen LogP contribution in [0.15, 0.2) is 83.4 Å². The number of benzene rings is 3. The van der Waals surface area contributed by atoms with E-state index in [2.05, 4.69) is 5.32 Å². The van der Waals surface area contributed by atoms with Gasteiger partial charge < -0.3 is 5.32 Å². The number of carbonyl (C=O) groups is 2. The molecule has 1 saturated heterocycles. The van der Waals surface area contributed by atoms with Crippen LogP contribution in [0.25, 0.3) is 0 Å². The Morgan fingerprint density at radius 3 is 2.38 bits per heavy atom. The van der Waals surface area contributed by atoms with Crippen molar-refractivity contribution in [1.82, 2.24) is 0 Å². The molecule has 1 aliphatic heterocycles. The highest BCUT2D eigenvalue weighted by molar-refractivity contribution is 8.05. The zero-order valence-corrected chi connectivity index (χ0v) is 20.4. The summed E-state index contributed by atoms with van der Waals surface area (Å²) in [4.78, 5) is 28.1. The highest BCUT2D eigenvalue weighted by Gasteiger charge is 2.41. The number of hydrogen-bond acceptors (Lipinski definition) is 4. The number of rotatable bonds is 5. The number of halogens is 2. The molecule has 0 bridgehead atoms. The van der Waals surface area contributed by atoms with Gasteiger partial charge in [-0.3, -0.25) is 14.5 Å². The molecule has 1 fully saturated rings. The zero-order chi connectivity index (χ0) is 24.2. The average molecular weight is 508 g/mol. The summed E-state index contributed by atoms with van der Waals surface area (Å²) in [5.41, 5.74) is 2.79. The van der Waals surface area contributed by atoms with Crippen LogP contribution in [0.2, 0.25) is 10.0 Å². The number of carbonyl (C=O) groups excluding carboxylic acids is 2. The smallest absolute Gasteiger partial charge is 0.269 e. The van der Waals surface area contributed by atoms with Gasteiger partial charge in [0.15, 0.2) is 0 Å². The summed E-state index contributed by atoms with van der Waals surface area (Å²) in [5, 5.41) is 13.5. The van der Waals surface area contributed by atoms with E-state index in [4.69, 9.17) is 23.2 Å². The Kier molecular flexibility index (Phi) is 7.28. The van der Waals surface area contributed by atoms with Gasteiger partial charge in [0.25, 0.3) is 5.91 Å². The van der Waals surface area contributed by atoms with Gasteiger partial charge >= 0.3 is 0 Å². The summed E-state index contributed by atoms with van der Waals surface area (Å²) in [7, 11) is 0. The second kappa shape index (κ2) is 10.4. The van der Waals surface area contributed by atoms with Crippen LogP contribution in [0.4, 0.5) is 11.4 Å². The second-order valence-electron chi connectivity index (χ2n) is 7.66. The maximum atomic E-state index is 13.5. The van der Waals surface area contributed by atoms with Crippen LogP contribution in [0.3, 0.4) is 0 Å². The van der Waals surface area contributed by atoms with E-state index in [0.29, 0.717) is 32.9 Å². The summed E-state index contributed by atoms with van der Waals surface area (Å²) < 4.78 is 0. The van der Waals surface area contributed by atoms with E-state index in [1.165, 1.54) is 16.7 Å². The van der Waals surface area contributed by atoms with Gasteiger partial charge in [0.05, 0.1) is 5.25 Å². The third kappa shape index (κ3) is 5.13. The Morgan fingerprint density at radius 1 is 1.06 bits per heavy atom. The molecule has 0 spiro atoms. The summed E-state index contributed by atoms with van der Waals surface area (Å²) in [6, 6.07) is 23.3. The van der Waals surface area contributed by atoms with Crippen molar-refractivity contribution in [2.45, 2.75) is 18.6 Å². The Hall–Kier alpha value is -3.24. The van der Waals surface area contributed by atoms with E-state index in [1.54, 1.807) is 42.5 Å².